The fourth-order valence-electron chi connectivity index (χ4n) is 4.23. The third-order valence-electron chi connectivity index (χ3n) is 5.91. The van der Waals surface area contributed by atoms with Gasteiger partial charge >= 0.3 is 0 Å². The Balaban J connectivity index is 5.42. The molecule has 182 valence electrons. The molecule has 0 saturated carbocycles. The molecule has 0 spiro atoms. The number of sulfone groups is 1. The zero-order valence-electron chi connectivity index (χ0n) is 22.4. The summed E-state index contributed by atoms with van der Waals surface area (Å²) in [7, 11) is -3.41. The van der Waals surface area contributed by atoms with Crippen molar-refractivity contribution in [3.05, 3.63) is 0 Å². The summed E-state index contributed by atoms with van der Waals surface area (Å²) in [5, 5.41) is 3.60. The van der Waals surface area contributed by atoms with E-state index in [1.807, 2.05) is 62.3 Å². The van der Waals surface area contributed by atoms with Crippen LogP contribution in [0.15, 0.2) is 0 Å². The van der Waals surface area contributed by atoms with Gasteiger partial charge in [-0.1, -0.05) is 0 Å². The molecule has 0 aromatic rings. The van der Waals surface area contributed by atoms with Gasteiger partial charge in [-0.05, 0) is 134 Å². The molecule has 0 aliphatic rings. The number of hydrogen-bond donors (Lipinski definition) is 1. The van der Waals surface area contributed by atoms with Crippen molar-refractivity contribution >= 4 is 21.0 Å². The van der Waals surface area contributed by atoms with Crippen molar-refractivity contribution < 1.29 is 13.0 Å². The summed E-state index contributed by atoms with van der Waals surface area (Å²) in [5.74, 6) is 0. The fourth-order valence-corrected chi connectivity index (χ4v) is 8.41. The van der Waals surface area contributed by atoms with E-state index in [4.69, 9.17) is 0 Å². The Morgan fingerprint density at radius 2 is 1.03 bits per heavy atom. The summed E-state index contributed by atoms with van der Waals surface area (Å²) >= 11 is -1.06. The van der Waals surface area contributed by atoms with Crippen molar-refractivity contribution in [2.24, 2.45) is 0 Å². The third-order valence-corrected chi connectivity index (χ3v) is 11.5. The Hall–Kier alpha value is 0.220. The average Bonchev–Trinajstić information content (AvgIpc) is 2.47. The van der Waals surface area contributed by atoms with Crippen molar-refractivity contribution in [3.63, 3.8) is 0 Å². The molecular formula is C24H51NO3S2. The van der Waals surface area contributed by atoms with E-state index in [0.29, 0.717) is 19.3 Å². The molecule has 0 aromatic heterocycles. The predicted molar refractivity (Wildman–Crippen MR) is 134 cm³/mol. The Kier molecular flexibility index (Phi) is 9.29. The molecular weight excluding hydrogens is 414 g/mol. The van der Waals surface area contributed by atoms with Gasteiger partial charge in [0.1, 0.15) is 9.49 Å². The quantitative estimate of drug-likeness (QED) is 0.401. The van der Waals surface area contributed by atoms with Crippen molar-refractivity contribution in [2.45, 2.75) is 153 Å². The highest BCUT2D eigenvalue weighted by Crippen LogP contribution is 2.40. The Morgan fingerprint density at radius 1 is 0.667 bits per heavy atom. The first-order valence-corrected chi connectivity index (χ1v) is 13.9. The molecule has 0 amide bonds. The molecule has 0 fully saturated rings. The van der Waals surface area contributed by atoms with E-state index in [1.165, 1.54) is 0 Å². The van der Waals surface area contributed by atoms with Crippen molar-refractivity contribution in [1.29, 1.82) is 0 Å². The van der Waals surface area contributed by atoms with Gasteiger partial charge in [-0.3, -0.25) is 0 Å². The molecule has 30 heavy (non-hydrogen) atoms. The van der Waals surface area contributed by atoms with Crippen molar-refractivity contribution in [2.75, 3.05) is 0 Å². The van der Waals surface area contributed by atoms with Crippen LogP contribution in [0.2, 0.25) is 0 Å². The minimum Gasteiger partial charge on any atom is -0.616 e. The first kappa shape index (κ1) is 30.2. The number of rotatable bonds is 10. The molecule has 0 aliphatic heterocycles. The summed E-state index contributed by atoms with van der Waals surface area (Å²) in [4.78, 5) is 0. The van der Waals surface area contributed by atoms with E-state index in [1.54, 1.807) is 0 Å². The summed E-state index contributed by atoms with van der Waals surface area (Å²) in [5.41, 5.74) is -0.180. The minimum atomic E-state index is -3.41. The predicted octanol–water partition coefficient (Wildman–Crippen LogP) is 6.01. The van der Waals surface area contributed by atoms with Gasteiger partial charge in [0.05, 0.1) is 9.49 Å². The molecule has 6 heteroatoms. The molecule has 0 radical (unpaired) electrons. The SMILES string of the molecule is CC(C)(C)NC(C)(C)CCC(C)(C)S(=O)(=O)C(C)(C)CCC(C)(C)[S+]([O-])C(C)(C)C. The van der Waals surface area contributed by atoms with Gasteiger partial charge in [0.15, 0.2) is 9.84 Å². The molecule has 0 aromatic carbocycles. The monoisotopic (exact) mass is 465 g/mol. The molecule has 0 saturated heterocycles. The van der Waals surface area contributed by atoms with E-state index >= 15 is 0 Å². The molecule has 0 bridgehead atoms. The topological polar surface area (TPSA) is 69.2 Å². The van der Waals surface area contributed by atoms with Gasteiger partial charge in [0.25, 0.3) is 0 Å². The first-order valence-electron chi connectivity index (χ1n) is 11.2. The van der Waals surface area contributed by atoms with Crippen LogP contribution in [0.1, 0.15) is 123 Å². The Morgan fingerprint density at radius 3 is 1.37 bits per heavy atom. The maximum Gasteiger partial charge on any atom is 0.160 e. The van der Waals surface area contributed by atoms with Crippen LogP contribution in [0.4, 0.5) is 0 Å². The van der Waals surface area contributed by atoms with Crippen LogP contribution >= 0.6 is 0 Å². The standard InChI is InChI=1S/C24H51NO3S2/c1-19(2,3)25-21(7,8)15-17-23(11,12)30(27,28)24(13,14)18-16-22(9,10)29(26)20(4,5)6/h25H,15-18H2,1-14H3. The molecule has 1 unspecified atom stereocenters. The van der Waals surface area contributed by atoms with Gasteiger partial charge in [-0.25, -0.2) is 8.42 Å². The van der Waals surface area contributed by atoms with Crippen LogP contribution < -0.4 is 5.32 Å². The Bertz CT molecular complexity index is 664. The Labute approximate surface area is 191 Å². The van der Waals surface area contributed by atoms with E-state index in [2.05, 4.69) is 39.9 Å². The average molecular weight is 466 g/mol. The van der Waals surface area contributed by atoms with Gasteiger partial charge in [0.2, 0.25) is 0 Å². The molecule has 0 rings (SSSR count). The third kappa shape index (κ3) is 8.29. The van der Waals surface area contributed by atoms with Crippen molar-refractivity contribution in [3.8, 4) is 0 Å². The first-order chi connectivity index (χ1) is 12.8. The molecule has 1 N–H and O–H groups in total. The summed E-state index contributed by atoms with van der Waals surface area (Å²) in [6.07, 6.45) is 2.46. The molecule has 4 nitrogen and oxygen atoms in total. The van der Waals surface area contributed by atoms with Crippen LogP contribution in [-0.4, -0.2) is 43.0 Å². The van der Waals surface area contributed by atoms with Gasteiger partial charge in [0, 0.05) is 11.1 Å². The summed E-state index contributed by atoms with van der Waals surface area (Å²) in [6.45, 7) is 27.9. The van der Waals surface area contributed by atoms with E-state index in [-0.39, 0.29) is 15.8 Å². The lowest BCUT2D eigenvalue weighted by atomic mass is 9.90. The number of hydrogen-bond acceptors (Lipinski definition) is 4. The van der Waals surface area contributed by atoms with Crippen LogP contribution in [0.5, 0.6) is 0 Å². The van der Waals surface area contributed by atoms with Crippen LogP contribution in [0.3, 0.4) is 0 Å². The molecule has 0 heterocycles. The van der Waals surface area contributed by atoms with Gasteiger partial charge in [-0.2, -0.15) is 0 Å². The maximum atomic E-state index is 13.7. The number of nitrogens with one attached hydrogen (secondary N) is 1. The smallest absolute Gasteiger partial charge is 0.160 e. The summed E-state index contributed by atoms with van der Waals surface area (Å²) in [6, 6.07) is 0. The highest BCUT2D eigenvalue weighted by atomic mass is 32.2. The minimum absolute atomic E-state index is 0.0277. The highest BCUT2D eigenvalue weighted by molar-refractivity contribution is 7.94. The normalized spacial score (nSPS) is 16.6. The van der Waals surface area contributed by atoms with Gasteiger partial charge < -0.3 is 9.87 Å². The van der Waals surface area contributed by atoms with Crippen molar-refractivity contribution in [1.82, 2.24) is 5.32 Å². The van der Waals surface area contributed by atoms with E-state index in [0.717, 1.165) is 6.42 Å². The van der Waals surface area contributed by atoms with E-state index in [9.17, 15) is 13.0 Å². The van der Waals surface area contributed by atoms with E-state index < -0.39 is 35.3 Å². The maximum absolute atomic E-state index is 13.7. The van der Waals surface area contributed by atoms with Crippen LogP contribution in [0.25, 0.3) is 0 Å². The van der Waals surface area contributed by atoms with Gasteiger partial charge in [-0.15, -0.1) is 0 Å². The summed E-state index contributed by atoms with van der Waals surface area (Å²) < 4.78 is 37.8. The lowest BCUT2D eigenvalue weighted by Crippen LogP contribution is -2.52. The van der Waals surface area contributed by atoms with Crippen LogP contribution in [0, 0.1) is 0 Å². The molecule has 1 atom stereocenters. The highest BCUT2D eigenvalue weighted by Gasteiger charge is 2.48. The fraction of sp³-hybridized carbons (Fsp3) is 1.00. The van der Waals surface area contributed by atoms with Crippen LogP contribution in [-0.2, 0) is 21.0 Å². The zero-order chi connectivity index (χ0) is 24.6. The second-order valence-corrected chi connectivity index (χ2v) is 19.5. The second-order valence-electron chi connectivity index (χ2n) is 13.4. The zero-order valence-corrected chi connectivity index (χ0v) is 24.0. The lowest BCUT2D eigenvalue weighted by Gasteiger charge is -2.41. The largest absolute Gasteiger partial charge is 0.616 e. The second kappa shape index (κ2) is 9.23. The lowest BCUT2D eigenvalue weighted by molar-refractivity contribution is 0.256. The molecule has 0 aliphatic carbocycles.